The van der Waals surface area contributed by atoms with E-state index < -0.39 is 11.7 Å². The van der Waals surface area contributed by atoms with E-state index in [1.807, 2.05) is 39.0 Å². The Kier molecular flexibility index (Phi) is 5.57. The molecule has 4 rings (SSSR count). The number of fused-ring (bicyclic) bond motifs is 1. The summed E-state index contributed by atoms with van der Waals surface area (Å²) in [4.78, 5) is 23.7. The Balaban J connectivity index is 1.58. The van der Waals surface area contributed by atoms with E-state index in [4.69, 9.17) is 9.72 Å². The molecule has 1 atom stereocenters. The van der Waals surface area contributed by atoms with Gasteiger partial charge in [-0.15, -0.1) is 0 Å². The van der Waals surface area contributed by atoms with Crippen molar-refractivity contribution in [1.29, 1.82) is 0 Å². The van der Waals surface area contributed by atoms with Gasteiger partial charge in [-0.3, -0.25) is 0 Å². The van der Waals surface area contributed by atoms with E-state index in [1.54, 1.807) is 6.20 Å². The maximum absolute atomic E-state index is 12.3. The fraction of sp³-hybridized carbons (Fsp3) is 0.375. The highest BCUT2D eigenvalue weighted by Crippen LogP contribution is 2.26. The number of alkyl carbamates (subject to hydrolysis) is 1. The Hall–Kier alpha value is -3.15. The second-order valence-electron chi connectivity index (χ2n) is 8.66. The topological polar surface area (TPSA) is 67.3 Å². The Morgan fingerprint density at radius 1 is 1.10 bits per heavy atom. The summed E-state index contributed by atoms with van der Waals surface area (Å²) in [7, 11) is 0. The number of amides is 1. The van der Waals surface area contributed by atoms with Crippen LogP contribution < -0.4 is 10.2 Å². The monoisotopic (exact) mass is 404 g/mol. The summed E-state index contributed by atoms with van der Waals surface area (Å²) in [5, 5.41) is 5.37. The lowest BCUT2D eigenvalue weighted by molar-refractivity contribution is 0.0495. The van der Waals surface area contributed by atoms with Gasteiger partial charge in [0.2, 0.25) is 5.95 Å². The fourth-order valence-corrected chi connectivity index (χ4v) is 3.76. The third kappa shape index (κ3) is 4.70. The SMILES string of the molecule is CC(C)(C)OC(=O)N[C@H]1CCCCN1c1nccc(-c2ccc3ccccc3c2)n1. The number of aromatic nitrogens is 2. The zero-order chi connectivity index (χ0) is 21.1. The number of nitrogens with zero attached hydrogens (tertiary/aromatic N) is 3. The molecule has 156 valence electrons. The van der Waals surface area contributed by atoms with Gasteiger partial charge >= 0.3 is 6.09 Å². The van der Waals surface area contributed by atoms with E-state index in [0.29, 0.717) is 5.95 Å². The van der Waals surface area contributed by atoms with Crippen LogP contribution >= 0.6 is 0 Å². The third-order valence-corrected chi connectivity index (χ3v) is 5.13. The van der Waals surface area contributed by atoms with Gasteiger partial charge in [0, 0.05) is 18.3 Å². The molecule has 30 heavy (non-hydrogen) atoms. The van der Waals surface area contributed by atoms with Gasteiger partial charge in [0.05, 0.1) is 5.69 Å². The molecular weight excluding hydrogens is 376 g/mol. The maximum atomic E-state index is 12.3. The predicted octanol–water partition coefficient (Wildman–Crippen LogP) is 5.14. The first-order chi connectivity index (χ1) is 14.4. The molecule has 1 amide bonds. The summed E-state index contributed by atoms with van der Waals surface area (Å²) in [5.74, 6) is 0.626. The molecule has 6 nitrogen and oxygen atoms in total. The van der Waals surface area contributed by atoms with Crippen molar-refractivity contribution >= 4 is 22.8 Å². The van der Waals surface area contributed by atoms with Gasteiger partial charge < -0.3 is 15.0 Å². The number of hydrogen-bond acceptors (Lipinski definition) is 5. The lowest BCUT2D eigenvalue weighted by Crippen LogP contribution is -2.52. The second-order valence-corrected chi connectivity index (χ2v) is 8.66. The van der Waals surface area contributed by atoms with Gasteiger partial charge in [-0.05, 0) is 62.9 Å². The van der Waals surface area contributed by atoms with Gasteiger partial charge in [-0.2, -0.15) is 0 Å². The molecule has 2 aromatic carbocycles. The molecule has 0 unspecified atom stereocenters. The smallest absolute Gasteiger partial charge is 0.409 e. The molecule has 1 aliphatic heterocycles. The molecule has 0 radical (unpaired) electrons. The van der Waals surface area contributed by atoms with Crippen LogP contribution in [0.5, 0.6) is 0 Å². The highest BCUT2D eigenvalue weighted by molar-refractivity contribution is 5.86. The van der Waals surface area contributed by atoms with E-state index in [2.05, 4.69) is 45.5 Å². The van der Waals surface area contributed by atoms with Gasteiger partial charge in [-0.25, -0.2) is 14.8 Å². The summed E-state index contributed by atoms with van der Waals surface area (Å²) in [5.41, 5.74) is 1.38. The van der Waals surface area contributed by atoms with Crippen LogP contribution in [0.3, 0.4) is 0 Å². The summed E-state index contributed by atoms with van der Waals surface area (Å²) < 4.78 is 5.44. The fourth-order valence-electron chi connectivity index (χ4n) is 3.76. The Morgan fingerprint density at radius 3 is 2.70 bits per heavy atom. The Morgan fingerprint density at radius 2 is 1.90 bits per heavy atom. The molecule has 1 aromatic heterocycles. The number of carbonyl (C=O) groups excluding carboxylic acids is 1. The normalized spacial score (nSPS) is 17.0. The Bertz CT molecular complexity index is 1040. The minimum Gasteiger partial charge on any atom is -0.444 e. The van der Waals surface area contributed by atoms with Crippen LogP contribution in [0.25, 0.3) is 22.0 Å². The van der Waals surface area contributed by atoms with Crippen molar-refractivity contribution in [2.45, 2.75) is 51.8 Å². The molecule has 1 saturated heterocycles. The number of nitrogens with one attached hydrogen (secondary N) is 1. The molecule has 1 fully saturated rings. The lowest BCUT2D eigenvalue weighted by atomic mass is 10.0. The van der Waals surface area contributed by atoms with Crippen molar-refractivity contribution in [3.63, 3.8) is 0 Å². The molecule has 2 heterocycles. The number of hydrogen-bond donors (Lipinski definition) is 1. The number of rotatable bonds is 3. The van der Waals surface area contributed by atoms with Crippen LogP contribution in [0.2, 0.25) is 0 Å². The van der Waals surface area contributed by atoms with Crippen LogP contribution in [-0.4, -0.2) is 34.4 Å². The van der Waals surface area contributed by atoms with E-state index in [1.165, 1.54) is 10.8 Å². The van der Waals surface area contributed by atoms with Crippen LogP contribution in [0.1, 0.15) is 40.0 Å². The van der Waals surface area contributed by atoms with Crippen LogP contribution in [0.15, 0.2) is 54.7 Å². The zero-order valence-corrected chi connectivity index (χ0v) is 17.8. The molecular formula is C24H28N4O2. The van der Waals surface area contributed by atoms with Crippen LogP contribution in [-0.2, 0) is 4.74 Å². The standard InChI is InChI=1S/C24H28N4O2/c1-24(2,3)30-23(29)27-21-10-6-7-15-28(21)22-25-14-13-20(26-22)19-12-11-17-8-4-5-9-18(17)16-19/h4-5,8-9,11-14,16,21H,6-7,10,15H2,1-3H3,(H,27,29)/t21-/m1/s1. The highest BCUT2D eigenvalue weighted by atomic mass is 16.6. The van der Waals surface area contributed by atoms with Gasteiger partial charge in [0.1, 0.15) is 11.8 Å². The van der Waals surface area contributed by atoms with E-state index in [9.17, 15) is 4.79 Å². The first-order valence-electron chi connectivity index (χ1n) is 10.5. The summed E-state index contributed by atoms with van der Waals surface area (Å²) in [6.07, 6.45) is 4.11. The molecule has 6 heteroatoms. The summed E-state index contributed by atoms with van der Waals surface area (Å²) >= 11 is 0. The van der Waals surface area contributed by atoms with Crippen molar-refractivity contribution in [2.75, 3.05) is 11.4 Å². The molecule has 0 spiro atoms. The molecule has 1 aliphatic rings. The minimum absolute atomic E-state index is 0.180. The van der Waals surface area contributed by atoms with E-state index >= 15 is 0 Å². The third-order valence-electron chi connectivity index (χ3n) is 5.13. The second kappa shape index (κ2) is 8.30. The van der Waals surface area contributed by atoms with Crippen molar-refractivity contribution in [1.82, 2.24) is 15.3 Å². The average molecular weight is 405 g/mol. The van der Waals surface area contributed by atoms with Crippen LogP contribution in [0.4, 0.5) is 10.7 Å². The van der Waals surface area contributed by atoms with Gasteiger partial charge in [-0.1, -0.05) is 36.4 Å². The predicted molar refractivity (Wildman–Crippen MR) is 119 cm³/mol. The van der Waals surface area contributed by atoms with Crippen molar-refractivity contribution in [3.05, 3.63) is 54.7 Å². The van der Waals surface area contributed by atoms with Crippen molar-refractivity contribution < 1.29 is 9.53 Å². The van der Waals surface area contributed by atoms with E-state index in [-0.39, 0.29) is 6.17 Å². The minimum atomic E-state index is -0.532. The number of anilines is 1. The van der Waals surface area contributed by atoms with Crippen molar-refractivity contribution in [3.8, 4) is 11.3 Å². The van der Waals surface area contributed by atoms with Gasteiger partial charge in [0.25, 0.3) is 0 Å². The zero-order valence-electron chi connectivity index (χ0n) is 17.8. The first-order valence-corrected chi connectivity index (χ1v) is 10.5. The van der Waals surface area contributed by atoms with Crippen molar-refractivity contribution in [2.24, 2.45) is 0 Å². The molecule has 0 aliphatic carbocycles. The van der Waals surface area contributed by atoms with Gasteiger partial charge in [0.15, 0.2) is 0 Å². The molecule has 3 aromatic rings. The van der Waals surface area contributed by atoms with Crippen LogP contribution in [0, 0.1) is 0 Å². The lowest BCUT2D eigenvalue weighted by Gasteiger charge is -2.36. The number of ether oxygens (including phenoxy) is 1. The molecule has 0 bridgehead atoms. The summed E-state index contributed by atoms with van der Waals surface area (Å²) in [6, 6.07) is 16.6. The number of carbonyl (C=O) groups is 1. The van der Waals surface area contributed by atoms with E-state index in [0.717, 1.165) is 37.1 Å². The molecule has 1 N–H and O–H groups in total. The molecule has 0 saturated carbocycles. The highest BCUT2D eigenvalue weighted by Gasteiger charge is 2.28. The Labute approximate surface area is 177 Å². The quantitative estimate of drug-likeness (QED) is 0.655. The number of benzene rings is 2. The average Bonchev–Trinajstić information content (AvgIpc) is 2.72. The first kappa shape index (κ1) is 20.1. The largest absolute Gasteiger partial charge is 0.444 e. The number of piperidine rings is 1. The maximum Gasteiger partial charge on any atom is 0.409 e. The summed E-state index contributed by atoms with van der Waals surface area (Å²) in [6.45, 7) is 6.38.